The Morgan fingerprint density at radius 1 is 0.365 bits per heavy atom. The van der Waals surface area contributed by atoms with Crippen LogP contribution in [0.2, 0.25) is 0 Å². The monoisotopic (exact) mass is 681 g/mol. The number of benzene rings is 8. The number of hydrogen-bond acceptors (Lipinski definition) is 3. The number of thiophene rings is 1. The predicted molar refractivity (Wildman–Crippen MR) is 219 cm³/mol. The van der Waals surface area contributed by atoms with E-state index in [4.69, 9.17) is 8.83 Å². The van der Waals surface area contributed by atoms with Crippen LogP contribution in [-0.4, -0.2) is 4.57 Å². The van der Waals surface area contributed by atoms with E-state index in [1.54, 1.807) is 0 Å². The summed E-state index contributed by atoms with van der Waals surface area (Å²) >= 11 is 1.89. The molecule has 12 aromatic rings. The zero-order chi connectivity index (χ0) is 33.9. The standard InChI is InChI=1S/C48H27NO2S/c1-5-13-40-37(12-1)47-41(20-19-36-35-11-4-8-16-46(35)52-48(36)47)49(40)32-24-30(28-17-21-44-38(26-28)33-9-2-6-14-42(33)50-44)23-31(25-32)29-18-22-45-39(27-29)34-10-3-7-15-43(34)51-45/h1-27H. The summed E-state index contributed by atoms with van der Waals surface area (Å²) in [5.41, 5.74) is 11.7. The molecular formula is C48H27NO2S. The van der Waals surface area contributed by atoms with Crippen molar-refractivity contribution >= 4 is 97.2 Å². The molecule has 0 N–H and O–H groups in total. The average molecular weight is 682 g/mol. The summed E-state index contributed by atoms with van der Waals surface area (Å²) in [4.78, 5) is 0. The molecule has 0 amide bonds. The molecule has 0 saturated carbocycles. The second-order valence-electron chi connectivity index (χ2n) is 13.7. The first-order valence-electron chi connectivity index (χ1n) is 17.6. The van der Waals surface area contributed by atoms with Gasteiger partial charge in [0.2, 0.25) is 0 Å². The molecule has 52 heavy (non-hydrogen) atoms. The molecule has 0 aliphatic rings. The summed E-state index contributed by atoms with van der Waals surface area (Å²) in [5, 5.41) is 9.69. The minimum atomic E-state index is 0.897. The van der Waals surface area contributed by atoms with Gasteiger partial charge in [0, 0.05) is 58.2 Å². The zero-order valence-corrected chi connectivity index (χ0v) is 28.6. The van der Waals surface area contributed by atoms with Gasteiger partial charge in [-0.05, 0) is 95.1 Å². The topological polar surface area (TPSA) is 31.2 Å². The van der Waals surface area contributed by atoms with Gasteiger partial charge in [-0.25, -0.2) is 0 Å². The molecule has 4 heteroatoms. The van der Waals surface area contributed by atoms with Crippen LogP contribution < -0.4 is 0 Å². The number of furan rings is 2. The highest BCUT2D eigenvalue weighted by atomic mass is 32.1. The molecule has 0 radical (unpaired) electrons. The van der Waals surface area contributed by atoms with E-state index in [2.05, 4.69) is 144 Å². The van der Waals surface area contributed by atoms with E-state index in [0.29, 0.717) is 0 Å². The lowest BCUT2D eigenvalue weighted by molar-refractivity contribution is 0.668. The van der Waals surface area contributed by atoms with Crippen molar-refractivity contribution in [1.82, 2.24) is 4.57 Å². The molecule has 0 aliphatic carbocycles. The van der Waals surface area contributed by atoms with Crippen molar-refractivity contribution in [2.24, 2.45) is 0 Å². The van der Waals surface area contributed by atoms with Crippen LogP contribution in [0.4, 0.5) is 0 Å². The van der Waals surface area contributed by atoms with Crippen molar-refractivity contribution in [2.75, 3.05) is 0 Å². The summed E-state index contributed by atoms with van der Waals surface area (Å²) in [6, 6.07) is 59.0. The van der Waals surface area contributed by atoms with E-state index in [1.807, 2.05) is 35.6 Å². The van der Waals surface area contributed by atoms with E-state index in [-0.39, 0.29) is 0 Å². The van der Waals surface area contributed by atoms with Gasteiger partial charge in [0.05, 0.1) is 11.0 Å². The van der Waals surface area contributed by atoms with Gasteiger partial charge >= 0.3 is 0 Å². The van der Waals surface area contributed by atoms with Gasteiger partial charge in [-0.3, -0.25) is 0 Å². The Bertz CT molecular complexity index is 3290. The average Bonchev–Trinajstić information content (AvgIpc) is 3.95. The van der Waals surface area contributed by atoms with Gasteiger partial charge in [-0.1, -0.05) is 91.0 Å². The molecule has 12 rings (SSSR count). The fourth-order valence-corrected chi connectivity index (χ4v) is 9.66. The Balaban J connectivity index is 1.16. The van der Waals surface area contributed by atoms with Gasteiger partial charge < -0.3 is 13.4 Å². The summed E-state index contributed by atoms with van der Waals surface area (Å²) < 4.78 is 17.6. The predicted octanol–water partition coefficient (Wildman–Crippen LogP) is 14.3. The molecule has 3 nitrogen and oxygen atoms in total. The smallest absolute Gasteiger partial charge is 0.135 e. The SMILES string of the molecule is c1ccc2c(c1)oc1ccc(-c3cc(-c4ccc5oc6ccccc6c5c4)cc(-n4c5ccccc5c5c6sc7ccccc7c6ccc54)c3)cc12. The van der Waals surface area contributed by atoms with Crippen LogP contribution in [-0.2, 0) is 0 Å². The second-order valence-corrected chi connectivity index (χ2v) is 14.7. The van der Waals surface area contributed by atoms with Crippen LogP contribution in [0.3, 0.4) is 0 Å². The molecule has 0 aliphatic heterocycles. The molecule has 0 fully saturated rings. The van der Waals surface area contributed by atoms with Crippen molar-refractivity contribution in [3.8, 4) is 27.9 Å². The van der Waals surface area contributed by atoms with E-state index in [1.165, 1.54) is 42.0 Å². The van der Waals surface area contributed by atoms with Crippen molar-refractivity contribution in [2.45, 2.75) is 0 Å². The Labute approximate surface area is 301 Å². The Kier molecular flexibility index (Phi) is 5.65. The van der Waals surface area contributed by atoms with E-state index in [0.717, 1.165) is 71.8 Å². The first-order valence-corrected chi connectivity index (χ1v) is 18.4. The maximum atomic E-state index is 6.23. The summed E-state index contributed by atoms with van der Waals surface area (Å²) in [6.07, 6.45) is 0. The van der Waals surface area contributed by atoms with E-state index in [9.17, 15) is 0 Å². The number of fused-ring (bicyclic) bond motifs is 13. The third-order valence-electron chi connectivity index (χ3n) is 10.8. The highest BCUT2D eigenvalue weighted by Crippen LogP contribution is 2.44. The fraction of sp³-hybridized carbons (Fsp3) is 0. The number of rotatable bonds is 3. The molecule has 0 unspecified atom stereocenters. The van der Waals surface area contributed by atoms with Crippen molar-refractivity contribution in [3.05, 3.63) is 164 Å². The highest BCUT2D eigenvalue weighted by Gasteiger charge is 2.19. The number of hydrogen-bond donors (Lipinski definition) is 0. The second kappa shape index (κ2) is 10.5. The van der Waals surface area contributed by atoms with Crippen LogP contribution in [0.15, 0.2) is 173 Å². The van der Waals surface area contributed by atoms with Crippen molar-refractivity contribution in [1.29, 1.82) is 0 Å². The number of nitrogens with zero attached hydrogens (tertiary/aromatic N) is 1. The first-order chi connectivity index (χ1) is 25.7. The maximum absolute atomic E-state index is 6.23. The summed E-state index contributed by atoms with van der Waals surface area (Å²) in [5.74, 6) is 0. The third kappa shape index (κ3) is 3.95. The molecule has 0 bridgehead atoms. The molecule has 0 saturated heterocycles. The largest absolute Gasteiger partial charge is 0.456 e. The lowest BCUT2D eigenvalue weighted by Gasteiger charge is -2.14. The van der Waals surface area contributed by atoms with E-state index < -0.39 is 0 Å². The molecular weight excluding hydrogens is 655 g/mol. The van der Waals surface area contributed by atoms with Gasteiger partial charge in [-0.15, -0.1) is 11.3 Å². The molecule has 242 valence electrons. The minimum absolute atomic E-state index is 0.897. The van der Waals surface area contributed by atoms with Crippen molar-refractivity contribution < 1.29 is 8.83 Å². The van der Waals surface area contributed by atoms with Gasteiger partial charge in [-0.2, -0.15) is 0 Å². The molecule has 0 spiro atoms. The quantitative estimate of drug-likeness (QED) is 0.186. The van der Waals surface area contributed by atoms with Crippen LogP contribution >= 0.6 is 11.3 Å². The molecule has 8 aromatic carbocycles. The lowest BCUT2D eigenvalue weighted by atomic mass is 9.96. The van der Waals surface area contributed by atoms with Crippen LogP contribution in [0.25, 0.3) is 114 Å². The van der Waals surface area contributed by atoms with Gasteiger partial charge in [0.1, 0.15) is 22.3 Å². The zero-order valence-electron chi connectivity index (χ0n) is 27.8. The molecule has 4 heterocycles. The normalized spacial score (nSPS) is 12.2. The first kappa shape index (κ1) is 28.1. The summed E-state index contributed by atoms with van der Waals surface area (Å²) in [7, 11) is 0. The Morgan fingerprint density at radius 2 is 0.923 bits per heavy atom. The van der Waals surface area contributed by atoms with Crippen LogP contribution in [0.1, 0.15) is 0 Å². The molecule has 0 atom stereocenters. The fourth-order valence-electron chi connectivity index (χ4n) is 8.40. The van der Waals surface area contributed by atoms with Gasteiger partial charge in [0.15, 0.2) is 0 Å². The number of aromatic nitrogens is 1. The third-order valence-corrected chi connectivity index (χ3v) is 12.0. The number of para-hydroxylation sites is 3. The van der Waals surface area contributed by atoms with Crippen LogP contribution in [0.5, 0.6) is 0 Å². The minimum Gasteiger partial charge on any atom is -0.456 e. The summed E-state index contributed by atoms with van der Waals surface area (Å²) in [6.45, 7) is 0. The maximum Gasteiger partial charge on any atom is 0.135 e. The van der Waals surface area contributed by atoms with Crippen molar-refractivity contribution in [3.63, 3.8) is 0 Å². The van der Waals surface area contributed by atoms with Crippen LogP contribution in [0, 0.1) is 0 Å². The lowest BCUT2D eigenvalue weighted by Crippen LogP contribution is -1.96. The highest BCUT2D eigenvalue weighted by molar-refractivity contribution is 7.26. The Morgan fingerprint density at radius 3 is 1.60 bits per heavy atom. The van der Waals surface area contributed by atoms with Gasteiger partial charge in [0.25, 0.3) is 0 Å². The van der Waals surface area contributed by atoms with E-state index >= 15 is 0 Å². The molecule has 4 aromatic heterocycles. The Hall–Kier alpha value is -6.62.